The number of nitrogens with two attached hydrogens (primary N) is 1. The number of carbonyl (C=O) groups is 1. The average molecular weight is 1390 g/mol. The van der Waals surface area contributed by atoms with E-state index >= 15 is 0 Å². The van der Waals surface area contributed by atoms with Crippen LogP contribution in [-0.4, -0.2) is 409 Å². The van der Waals surface area contributed by atoms with Crippen LogP contribution in [0.4, 0.5) is 0 Å². The predicted octanol–water partition coefficient (Wildman–Crippen LogP) is -14.4. The predicted molar refractivity (Wildman–Crippen MR) is 297 cm³/mol. The first-order chi connectivity index (χ1) is 44.9. The number of hydrogen-bond donors (Lipinski definition) is 24. The largest absolute Gasteiger partial charge is 0.477 e. The van der Waals surface area contributed by atoms with Gasteiger partial charge in [-0.15, -0.1) is 0 Å². The number of hydrogen-bond acceptors (Lipinski definition) is 39. The SMILES string of the molecule is CC1C(O)[C@H](O[C@@H]2OC(CO)[C@H](O)C(O[C@]3(C(=O)O)C[C@@H](O)[C@@H](N)C(C(O)[C@H](O)CO)O3)[C@@H]2O)[C@H](CO)O[C@H]1O[C@@H]1C(O)[C@H](O)C(CO)O[C@@H]1OCC1O[C@@H](O[C@@H]2C(CO)O[C@@H](O[C@@H]3C(CO)O[C@@H](C)[C@@H](C)C3O)[C@@H](C)C2O)C(O)C(OC2O[C@H](CO)[C@@H](O)C(O)C2O)[C@@H]1O. The molecule has 0 aliphatic carbocycles. The molecule has 8 saturated heterocycles. The Bertz CT molecular complexity index is 2360. The van der Waals surface area contributed by atoms with Crippen molar-refractivity contribution in [2.45, 2.75) is 267 Å². The van der Waals surface area contributed by atoms with Gasteiger partial charge in [0, 0.05) is 24.2 Å². The summed E-state index contributed by atoms with van der Waals surface area (Å²) in [6.45, 7) is -1.55. The van der Waals surface area contributed by atoms with Gasteiger partial charge in [-0.1, -0.05) is 20.8 Å². The second-order valence-corrected chi connectivity index (χ2v) is 25.3. The van der Waals surface area contributed by atoms with E-state index in [1.807, 2.05) is 0 Å². The summed E-state index contributed by atoms with van der Waals surface area (Å²) in [7, 11) is 0. The number of carboxylic acid groups (broad SMARTS) is 1. The molecule has 8 aliphatic rings. The highest BCUT2D eigenvalue weighted by Gasteiger charge is 2.61. The standard InChI is InChI=1S/C55H95NO39/c1-14-17(4)82-23(10-61)41(28(14)66)89-48-15(2)29(67)42(24(11-62)86-48)90-51-39(77)45(92-50-38(76)36(74)32(70)20(7-58)83-50)35(73)26(88-51)13-81-53-47(37(75)33(71)21(8-59)85-53)93-49-16(3)30(68)43(25(12-63)87-49)91-52-40(78)46(34(72)22(9-60)84-52)95-55(54(79)80)5-18(64)27(56)44(94-55)31(69)19(65)6-57/h14-53,57-78H,5-13,56H2,1-4H3,(H,79,80)/t14-,15+,16?,17+,18-,19-,20-,21?,22?,23?,24?,25+,26?,27-,28?,29?,30?,31?,32-,33-,34+,35-,36?,37?,38?,39?,40+,41-,42-,43-,44?,45?,46?,47-,48+,49+,50?,51+,52+,53+,55+/m1/s1. The van der Waals surface area contributed by atoms with Gasteiger partial charge in [-0.05, 0) is 6.92 Å². The summed E-state index contributed by atoms with van der Waals surface area (Å²) in [5.74, 6) is -8.12. The van der Waals surface area contributed by atoms with Gasteiger partial charge < -0.3 is 194 Å². The molecule has 0 radical (unpaired) electrons. The van der Waals surface area contributed by atoms with Crippen LogP contribution in [0.25, 0.3) is 0 Å². The lowest BCUT2D eigenvalue weighted by Gasteiger charge is -2.51. The molecule has 40 heteroatoms. The third kappa shape index (κ3) is 16.3. The molecule has 25 N–H and O–H groups in total. The number of rotatable bonds is 25. The van der Waals surface area contributed by atoms with Crippen LogP contribution in [0.15, 0.2) is 0 Å². The van der Waals surface area contributed by atoms with E-state index in [1.54, 1.807) is 13.8 Å². The molecule has 0 aromatic carbocycles. The maximum atomic E-state index is 12.9. The summed E-state index contributed by atoms with van der Waals surface area (Å²) >= 11 is 0. The minimum atomic E-state index is -3.11. The van der Waals surface area contributed by atoms with Crippen LogP contribution in [-0.2, 0) is 75.8 Å². The molecule has 41 atom stereocenters. The number of aliphatic carboxylic acids is 1. The summed E-state index contributed by atoms with van der Waals surface area (Å²) in [6.07, 6.45) is -67.1. The molecule has 8 rings (SSSR count). The summed E-state index contributed by atoms with van der Waals surface area (Å²) in [5.41, 5.74) is 5.97. The van der Waals surface area contributed by atoms with Crippen molar-refractivity contribution in [2.24, 2.45) is 23.5 Å². The molecule has 0 aromatic rings. The Morgan fingerprint density at radius 2 is 0.821 bits per heavy atom. The maximum absolute atomic E-state index is 12.9. The van der Waals surface area contributed by atoms with Crippen molar-refractivity contribution < 1.29 is 193 Å². The molecular formula is C55H95NO39. The van der Waals surface area contributed by atoms with E-state index in [1.165, 1.54) is 13.8 Å². The first-order valence-electron chi connectivity index (χ1n) is 31.2. The van der Waals surface area contributed by atoms with Crippen molar-refractivity contribution >= 4 is 5.97 Å². The Balaban J connectivity index is 1.00. The quantitative estimate of drug-likeness (QED) is 0.0404. The smallest absolute Gasteiger partial charge is 0.364 e. The zero-order chi connectivity index (χ0) is 70.1. The second-order valence-electron chi connectivity index (χ2n) is 25.3. The zero-order valence-corrected chi connectivity index (χ0v) is 51.9. The molecule has 0 amide bonds. The summed E-state index contributed by atoms with van der Waals surface area (Å²) < 4.78 is 88.4. The van der Waals surface area contributed by atoms with Crippen LogP contribution in [0, 0.1) is 17.8 Å². The third-order valence-corrected chi connectivity index (χ3v) is 19.1. The maximum Gasteiger partial charge on any atom is 0.364 e. The van der Waals surface area contributed by atoms with E-state index in [2.05, 4.69) is 0 Å². The fraction of sp³-hybridized carbons (Fsp3) is 0.982. The van der Waals surface area contributed by atoms with Crippen molar-refractivity contribution in [2.75, 3.05) is 52.9 Å². The van der Waals surface area contributed by atoms with Crippen molar-refractivity contribution in [1.82, 2.24) is 0 Å². The normalized spacial score (nSPS) is 51.6. The van der Waals surface area contributed by atoms with Crippen LogP contribution in [0.2, 0.25) is 0 Å². The Morgan fingerprint density at radius 1 is 0.432 bits per heavy atom. The third-order valence-electron chi connectivity index (χ3n) is 19.1. The van der Waals surface area contributed by atoms with E-state index in [0.717, 1.165) is 0 Å². The molecule has 8 aliphatic heterocycles. The van der Waals surface area contributed by atoms with Crippen molar-refractivity contribution in [1.29, 1.82) is 0 Å². The number of aliphatic hydroxyl groups is 22. The lowest BCUT2D eigenvalue weighted by atomic mass is 9.88. The number of carboxylic acids is 1. The van der Waals surface area contributed by atoms with Gasteiger partial charge in [0.1, 0.15) is 153 Å². The summed E-state index contributed by atoms with van der Waals surface area (Å²) in [5, 5.41) is 250. The molecule has 40 nitrogen and oxygen atoms in total. The molecule has 8 heterocycles. The summed E-state index contributed by atoms with van der Waals surface area (Å²) in [6, 6.07) is -1.61. The van der Waals surface area contributed by atoms with Gasteiger partial charge in [-0.25, -0.2) is 4.79 Å². The first kappa shape index (κ1) is 78.7. The van der Waals surface area contributed by atoms with Crippen LogP contribution in [0.5, 0.6) is 0 Å². The first-order valence-corrected chi connectivity index (χ1v) is 31.2. The molecular weight excluding hydrogens is 1300 g/mol. The van der Waals surface area contributed by atoms with E-state index in [9.17, 15) is 122 Å². The molecule has 0 spiro atoms. The van der Waals surface area contributed by atoms with Crippen molar-refractivity contribution in [3.63, 3.8) is 0 Å². The molecule has 0 aromatic heterocycles. The van der Waals surface area contributed by atoms with E-state index < -0.39 is 316 Å². The van der Waals surface area contributed by atoms with Crippen LogP contribution < -0.4 is 5.73 Å². The van der Waals surface area contributed by atoms with Gasteiger partial charge in [-0.3, -0.25) is 0 Å². The topological polar surface area (TPSA) is 647 Å². The zero-order valence-electron chi connectivity index (χ0n) is 51.9. The lowest BCUT2D eigenvalue weighted by molar-refractivity contribution is -0.395. The Hall–Kier alpha value is -2.05. The molecule has 18 unspecified atom stereocenters. The highest BCUT2D eigenvalue weighted by atomic mass is 16.8. The Labute approximate surface area is 541 Å². The fourth-order valence-electron chi connectivity index (χ4n) is 12.8. The van der Waals surface area contributed by atoms with Crippen LogP contribution in [0.3, 0.4) is 0 Å². The van der Waals surface area contributed by atoms with Crippen molar-refractivity contribution in [3.8, 4) is 0 Å². The van der Waals surface area contributed by atoms with Gasteiger partial charge in [0.25, 0.3) is 5.79 Å². The Kier molecular flexibility index (Phi) is 27.6. The average Bonchev–Trinajstić information content (AvgIpc) is 0.769. The minimum absolute atomic E-state index is 0.499. The molecule has 95 heavy (non-hydrogen) atoms. The number of aliphatic hydroxyl groups excluding tert-OH is 22. The van der Waals surface area contributed by atoms with E-state index in [4.69, 9.17) is 76.8 Å². The van der Waals surface area contributed by atoms with Crippen LogP contribution in [0.1, 0.15) is 34.1 Å². The van der Waals surface area contributed by atoms with Gasteiger partial charge >= 0.3 is 5.97 Å². The minimum Gasteiger partial charge on any atom is -0.477 e. The van der Waals surface area contributed by atoms with Crippen LogP contribution >= 0.6 is 0 Å². The molecule has 554 valence electrons. The molecule has 0 bridgehead atoms. The van der Waals surface area contributed by atoms with E-state index in [0.29, 0.717) is 0 Å². The highest BCUT2D eigenvalue weighted by Crippen LogP contribution is 2.42. The van der Waals surface area contributed by atoms with Gasteiger partial charge in [-0.2, -0.15) is 0 Å². The fourth-order valence-corrected chi connectivity index (χ4v) is 12.8. The summed E-state index contributed by atoms with van der Waals surface area (Å²) in [4.78, 5) is 12.9. The second kappa shape index (κ2) is 33.4. The van der Waals surface area contributed by atoms with Crippen molar-refractivity contribution in [3.05, 3.63) is 0 Å². The number of ether oxygens (including phenoxy) is 15. The molecule has 0 saturated carbocycles. The highest BCUT2D eigenvalue weighted by molar-refractivity contribution is 5.76. The van der Waals surface area contributed by atoms with Gasteiger partial charge in [0.15, 0.2) is 37.7 Å². The van der Waals surface area contributed by atoms with Gasteiger partial charge in [0.2, 0.25) is 0 Å². The molecule has 8 fully saturated rings. The monoisotopic (exact) mass is 1390 g/mol. The lowest BCUT2D eigenvalue weighted by Crippen LogP contribution is -2.70. The van der Waals surface area contributed by atoms with E-state index in [-0.39, 0.29) is 0 Å². The Morgan fingerprint density at radius 3 is 1.32 bits per heavy atom. The van der Waals surface area contributed by atoms with Gasteiger partial charge in [0.05, 0.1) is 89.4 Å².